The Morgan fingerprint density at radius 1 is 1.23 bits per heavy atom. The molecule has 78 valence electrons. The van der Waals surface area contributed by atoms with E-state index in [9.17, 15) is 0 Å². The van der Waals surface area contributed by atoms with Crippen LogP contribution in [-0.2, 0) is 0 Å². The van der Waals surface area contributed by atoms with Gasteiger partial charge in [0.1, 0.15) is 0 Å². The predicted octanol–water partition coefficient (Wildman–Crippen LogP) is 3.19. The summed E-state index contributed by atoms with van der Waals surface area (Å²) in [5.74, 6) is 2.57. The van der Waals surface area contributed by atoms with Gasteiger partial charge < -0.3 is 5.73 Å². The number of hydrogen-bond donors (Lipinski definition) is 1. The van der Waals surface area contributed by atoms with Gasteiger partial charge in [0.2, 0.25) is 0 Å². The SMILES string of the molecule is CC1CCCCCC(C(C)CN)C1. The van der Waals surface area contributed by atoms with Crippen molar-refractivity contribution in [2.24, 2.45) is 23.5 Å². The van der Waals surface area contributed by atoms with Crippen molar-refractivity contribution in [2.75, 3.05) is 6.54 Å². The maximum Gasteiger partial charge on any atom is -0.00489 e. The summed E-state index contributed by atoms with van der Waals surface area (Å²) in [4.78, 5) is 0. The average molecular weight is 183 g/mol. The zero-order valence-electron chi connectivity index (χ0n) is 9.26. The molecule has 1 aliphatic rings. The van der Waals surface area contributed by atoms with E-state index in [2.05, 4.69) is 13.8 Å². The van der Waals surface area contributed by atoms with E-state index in [1.54, 1.807) is 0 Å². The van der Waals surface area contributed by atoms with Crippen LogP contribution in [0, 0.1) is 17.8 Å². The molecule has 3 unspecified atom stereocenters. The fourth-order valence-electron chi connectivity index (χ4n) is 2.54. The Balaban J connectivity index is 2.40. The van der Waals surface area contributed by atoms with Crippen LogP contribution in [0.2, 0.25) is 0 Å². The molecule has 0 aromatic heterocycles. The fraction of sp³-hybridized carbons (Fsp3) is 1.00. The highest BCUT2D eigenvalue weighted by Gasteiger charge is 2.20. The van der Waals surface area contributed by atoms with E-state index >= 15 is 0 Å². The highest BCUT2D eigenvalue weighted by atomic mass is 14.5. The summed E-state index contributed by atoms with van der Waals surface area (Å²) in [6.07, 6.45) is 8.60. The fourth-order valence-corrected chi connectivity index (χ4v) is 2.54. The van der Waals surface area contributed by atoms with Crippen molar-refractivity contribution in [3.8, 4) is 0 Å². The Morgan fingerprint density at radius 3 is 2.62 bits per heavy atom. The third kappa shape index (κ3) is 3.68. The van der Waals surface area contributed by atoms with Crippen LogP contribution < -0.4 is 5.73 Å². The van der Waals surface area contributed by atoms with Crippen molar-refractivity contribution < 1.29 is 0 Å². The molecule has 1 saturated carbocycles. The van der Waals surface area contributed by atoms with E-state index in [0.29, 0.717) is 0 Å². The van der Waals surface area contributed by atoms with Crippen LogP contribution >= 0.6 is 0 Å². The zero-order chi connectivity index (χ0) is 9.68. The Bertz CT molecular complexity index is 133. The molecule has 1 heteroatoms. The molecule has 0 aromatic carbocycles. The quantitative estimate of drug-likeness (QED) is 0.699. The van der Waals surface area contributed by atoms with Crippen LogP contribution in [0.15, 0.2) is 0 Å². The van der Waals surface area contributed by atoms with E-state index in [1.807, 2.05) is 0 Å². The minimum Gasteiger partial charge on any atom is -0.330 e. The molecule has 0 radical (unpaired) electrons. The molecule has 3 atom stereocenters. The van der Waals surface area contributed by atoms with Crippen LogP contribution in [0.5, 0.6) is 0 Å². The van der Waals surface area contributed by atoms with Crippen LogP contribution in [0.3, 0.4) is 0 Å². The first-order valence-electron chi connectivity index (χ1n) is 5.94. The van der Waals surface area contributed by atoms with E-state index < -0.39 is 0 Å². The topological polar surface area (TPSA) is 26.0 Å². The summed E-state index contributed by atoms with van der Waals surface area (Å²) >= 11 is 0. The second-order valence-electron chi connectivity index (χ2n) is 4.95. The first-order valence-corrected chi connectivity index (χ1v) is 5.94. The van der Waals surface area contributed by atoms with Crippen molar-refractivity contribution in [3.05, 3.63) is 0 Å². The van der Waals surface area contributed by atoms with Gasteiger partial charge in [0.25, 0.3) is 0 Å². The number of nitrogens with two attached hydrogens (primary N) is 1. The van der Waals surface area contributed by atoms with E-state index in [4.69, 9.17) is 5.73 Å². The third-order valence-corrected chi connectivity index (χ3v) is 3.65. The highest BCUT2D eigenvalue weighted by molar-refractivity contribution is 4.72. The van der Waals surface area contributed by atoms with Gasteiger partial charge in [0, 0.05) is 0 Å². The first kappa shape index (κ1) is 11.0. The molecule has 0 aliphatic heterocycles. The minimum absolute atomic E-state index is 0.737. The molecule has 0 aromatic rings. The molecule has 13 heavy (non-hydrogen) atoms. The van der Waals surface area contributed by atoms with Crippen molar-refractivity contribution in [2.45, 2.75) is 52.4 Å². The lowest BCUT2D eigenvalue weighted by molar-refractivity contribution is 0.244. The molecular weight excluding hydrogens is 158 g/mol. The minimum atomic E-state index is 0.737. The van der Waals surface area contributed by atoms with Gasteiger partial charge in [0.05, 0.1) is 0 Å². The maximum absolute atomic E-state index is 5.74. The molecule has 1 aliphatic carbocycles. The second-order valence-corrected chi connectivity index (χ2v) is 4.95. The molecule has 0 heterocycles. The Kier molecular flexibility index (Phi) is 4.79. The number of rotatable bonds is 2. The molecular formula is C12H25N. The smallest absolute Gasteiger partial charge is 0.00489 e. The van der Waals surface area contributed by atoms with Crippen LogP contribution in [0.1, 0.15) is 52.4 Å². The lowest BCUT2D eigenvalue weighted by Crippen LogP contribution is -2.23. The summed E-state index contributed by atoms with van der Waals surface area (Å²) < 4.78 is 0. The van der Waals surface area contributed by atoms with Gasteiger partial charge in [0.15, 0.2) is 0 Å². The van der Waals surface area contributed by atoms with Crippen molar-refractivity contribution in [3.63, 3.8) is 0 Å². The van der Waals surface area contributed by atoms with Gasteiger partial charge in [-0.25, -0.2) is 0 Å². The van der Waals surface area contributed by atoms with Gasteiger partial charge >= 0.3 is 0 Å². The van der Waals surface area contributed by atoms with Crippen molar-refractivity contribution >= 4 is 0 Å². The molecule has 0 spiro atoms. The highest BCUT2D eigenvalue weighted by Crippen LogP contribution is 2.30. The second kappa shape index (κ2) is 5.64. The molecule has 2 N–H and O–H groups in total. The summed E-state index contributed by atoms with van der Waals surface area (Å²) in [6.45, 7) is 5.60. The van der Waals surface area contributed by atoms with Gasteiger partial charge in [-0.15, -0.1) is 0 Å². The average Bonchev–Trinajstić information content (AvgIpc) is 2.10. The molecule has 1 rings (SSSR count). The lowest BCUT2D eigenvalue weighted by atomic mass is 9.79. The molecule has 0 amide bonds. The maximum atomic E-state index is 5.74. The monoisotopic (exact) mass is 183 g/mol. The number of hydrogen-bond acceptors (Lipinski definition) is 1. The summed E-state index contributed by atoms with van der Waals surface area (Å²) in [7, 11) is 0. The van der Waals surface area contributed by atoms with Gasteiger partial charge in [-0.2, -0.15) is 0 Å². The van der Waals surface area contributed by atoms with Crippen LogP contribution in [0.25, 0.3) is 0 Å². The molecule has 0 bridgehead atoms. The Hall–Kier alpha value is -0.0400. The molecule has 0 saturated heterocycles. The zero-order valence-corrected chi connectivity index (χ0v) is 9.26. The van der Waals surface area contributed by atoms with E-state index in [1.165, 1.54) is 38.5 Å². The summed E-state index contributed by atoms with van der Waals surface area (Å²) in [6, 6.07) is 0. The Labute approximate surface area is 83.1 Å². The normalized spacial score (nSPS) is 33.5. The Morgan fingerprint density at radius 2 is 1.92 bits per heavy atom. The van der Waals surface area contributed by atoms with E-state index in [-0.39, 0.29) is 0 Å². The summed E-state index contributed by atoms with van der Waals surface area (Å²) in [5, 5.41) is 0. The summed E-state index contributed by atoms with van der Waals surface area (Å²) in [5.41, 5.74) is 5.74. The van der Waals surface area contributed by atoms with E-state index in [0.717, 1.165) is 24.3 Å². The molecule has 1 fully saturated rings. The largest absolute Gasteiger partial charge is 0.330 e. The van der Waals surface area contributed by atoms with Gasteiger partial charge in [-0.1, -0.05) is 46.0 Å². The lowest BCUT2D eigenvalue weighted by Gasteiger charge is -2.28. The van der Waals surface area contributed by atoms with Gasteiger partial charge in [-0.05, 0) is 30.7 Å². The van der Waals surface area contributed by atoms with Crippen LogP contribution in [-0.4, -0.2) is 6.54 Å². The van der Waals surface area contributed by atoms with Crippen LogP contribution in [0.4, 0.5) is 0 Å². The third-order valence-electron chi connectivity index (χ3n) is 3.65. The van der Waals surface area contributed by atoms with Crippen molar-refractivity contribution in [1.29, 1.82) is 0 Å². The first-order chi connectivity index (χ1) is 6.24. The van der Waals surface area contributed by atoms with Crippen molar-refractivity contribution in [1.82, 2.24) is 0 Å². The molecule has 1 nitrogen and oxygen atoms in total. The predicted molar refractivity (Wildman–Crippen MR) is 58.6 cm³/mol. The standard InChI is InChI=1S/C12H25N/c1-10-6-4-3-5-7-12(8-10)11(2)9-13/h10-12H,3-9,13H2,1-2H3. The van der Waals surface area contributed by atoms with Gasteiger partial charge in [-0.3, -0.25) is 0 Å².